The highest BCUT2D eigenvalue weighted by atomic mass is 35.5. The average Bonchev–Trinajstić information content (AvgIpc) is 2.38. The van der Waals surface area contributed by atoms with E-state index in [0.717, 1.165) is 6.07 Å². The number of alkyl halides is 3. The van der Waals surface area contributed by atoms with Crippen molar-refractivity contribution in [1.82, 2.24) is 5.32 Å². The summed E-state index contributed by atoms with van der Waals surface area (Å²) < 4.78 is 38.5. The molecule has 2 aliphatic heterocycles. The van der Waals surface area contributed by atoms with Crippen molar-refractivity contribution in [2.45, 2.75) is 12.2 Å². The monoisotopic (exact) mass is 341 g/mol. The summed E-state index contributed by atoms with van der Waals surface area (Å²) >= 11 is 5.74. The Morgan fingerprint density at radius 2 is 2.05 bits per heavy atom. The fraction of sp³-hybridized carbons (Fsp3) is 0.417. The normalized spacial score (nSPS) is 21.0. The topological polar surface area (TPSA) is 44.4 Å². The van der Waals surface area contributed by atoms with Gasteiger partial charge in [-0.25, -0.2) is 0 Å². The molecule has 2 aliphatic rings. The SMILES string of the molecule is Cl.O=C1Nc2cc(C(F)(F)F)c(Cl)cc2N2CCNC[C@@H]12. The number of carbonyl (C=O) groups is 1. The maximum Gasteiger partial charge on any atom is 0.417 e. The summed E-state index contributed by atoms with van der Waals surface area (Å²) in [6.45, 7) is 1.68. The number of halogens is 5. The molecule has 4 nitrogen and oxygen atoms in total. The number of benzene rings is 1. The fourth-order valence-electron chi connectivity index (χ4n) is 2.56. The van der Waals surface area contributed by atoms with Crippen molar-refractivity contribution in [1.29, 1.82) is 0 Å². The molecule has 2 heterocycles. The first-order valence-corrected chi connectivity index (χ1v) is 6.44. The zero-order valence-corrected chi connectivity index (χ0v) is 12.2. The Labute approximate surface area is 130 Å². The number of rotatable bonds is 0. The molecular formula is C12H12Cl2F3N3O. The molecule has 9 heteroatoms. The highest BCUT2D eigenvalue weighted by Gasteiger charge is 2.39. The fourth-order valence-corrected chi connectivity index (χ4v) is 2.83. The molecule has 0 saturated carbocycles. The van der Waals surface area contributed by atoms with E-state index in [4.69, 9.17) is 11.6 Å². The summed E-state index contributed by atoms with van der Waals surface area (Å²) in [4.78, 5) is 13.7. The Morgan fingerprint density at radius 3 is 2.71 bits per heavy atom. The Bertz CT molecular complexity index is 580. The first kappa shape index (κ1) is 16.2. The van der Waals surface area contributed by atoms with Crippen LogP contribution in [-0.4, -0.2) is 31.6 Å². The lowest BCUT2D eigenvalue weighted by molar-refractivity contribution is -0.137. The van der Waals surface area contributed by atoms with E-state index in [9.17, 15) is 18.0 Å². The molecule has 1 saturated heterocycles. The standard InChI is InChI=1S/C12H11ClF3N3O.ClH/c13-7-4-9-8(3-6(7)12(14,15)16)18-11(20)10-5-17-1-2-19(9)10;/h3-4,10,17H,1-2,5H2,(H,18,20);1H/t10-;/m0./s1. The number of fused-ring (bicyclic) bond motifs is 3. The van der Waals surface area contributed by atoms with Crippen LogP contribution in [-0.2, 0) is 11.0 Å². The Kier molecular flexibility index (Phi) is 4.28. The number of nitrogens with zero attached hydrogens (tertiary/aromatic N) is 1. The van der Waals surface area contributed by atoms with Gasteiger partial charge in [-0.1, -0.05) is 11.6 Å². The van der Waals surface area contributed by atoms with Gasteiger partial charge in [-0.15, -0.1) is 12.4 Å². The maximum absolute atomic E-state index is 12.8. The molecule has 1 atom stereocenters. The van der Waals surface area contributed by atoms with Crippen LogP contribution in [0.5, 0.6) is 0 Å². The molecule has 0 spiro atoms. The maximum atomic E-state index is 12.8. The average molecular weight is 342 g/mol. The van der Waals surface area contributed by atoms with Gasteiger partial charge in [-0.3, -0.25) is 4.79 Å². The summed E-state index contributed by atoms with van der Waals surface area (Å²) in [5.41, 5.74) is -0.245. The summed E-state index contributed by atoms with van der Waals surface area (Å²) in [6, 6.07) is 1.76. The molecule has 0 unspecified atom stereocenters. The van der Waals surface area contributed by atoms with Crippen LogP contribution in [0.1, 0.15) is 5.56 Å². The number of nitrogens with one attached hydrogen (secondary N) is 2. The Morgan fingerprint density at radius 1 is 1.33 bits per heavy atom. The van der Waals surface area contributed by atoms with Gasteiger partial charge in [0.25, 0.3) is 0 Å². The van der Waals surface area contributed by atoms with Gasteiger partial charge in [0, 0.05) is 19.6 Å². The number of carbonyl (C=O) groups excluding carboxylic acids is 1. The number of hydrogen-bond acceptors (Lipinski definition) is 3. The third kappa shape index (κ3) is 2.77. The Balaban J connectivity index is 0.00000161. The summed E-state index contributed by atoms with van der Waals surface area (Å²) in [5.74, 6) is -0.305. The van der Waals surface area contributed by atoms with Crippen molar-refractivity contribution in [2.75, 3.05) is 29.9 Å². The lowest BCUT2D eigenvalue weighted by Crippen LogP contribution is -2.58. The van der Waals surface area contributed by atoms with Crippen LogP contribution in [0.4, 0.5) is 24.5 Å². The molecule has 0 bridgehead atoms. The smallest absolute Gasteiger partial charge is 0.355 e. The predicted molar refractivity (Wildman–Crippen MR) is 76.3 cm³/mol. The molecular weight excluding hydrogens is 330 g/mol. The van der Waals surface area contributed by atoms with Crippen molar-refractivity contribution in [3.8, 4) is 0 Å². The van der Waals surface area contributed by atoms with Gasteiger partial charge < -0.3 is 15.5 Å². The lowest BCUT2D eigenvalue weighted by Gasteiger charge is -2.41. The first-order valence-electron chi connectivity index (χ1n) is 6.07. The van der Waals surface area contributed by atoms with E-state index in [1.165, 1.54) is 6.07 Å². The van der Waals surface area contributed by atoms with Gasteiger partial charge in [0.1, 0.15) is 6.04 Å². The van der Waals surface area contributed by atoms with Crippen LogP contribution in [0.3, 0.4) is 0 Å². The van der Waals surface area contributed by atoms with Crippen LogP contribution in [0.15, 0.2) is 12.1 Å². The van der Waals surface area contributed by atoms with Crippen LogP contribution in [0, 0.1) is 0 Å². The molecule has 1 aromatic carbocycles. The highest BCUT2D eigenvalue weighted by Crippen LogP contribution is 2.42. The van der Waals surface area contributed by atoms with Crippen LogP contribution in [0.25, 0.3) is 0 Å². The van der Waals surface area contributed by atoms with E-state index < -0.39 is 17.8 Å². The second kappa shape index (κ2) is 5.55. The van der Waals surface area contributed by atoms with Crippen LogP contribution in [0.2, 0.25) is 5.02 Å². The summed E-state index contributed by atoms with van der Waals surface area (Å²) in [5, 5.41) is 5.24. The molecule has 3 rings (SSSR count). The summed E-state index contributed by atoms with van der Waals surface area (Å²) in [7, 11) is 0. The van der Waals surface area contributed by atoms with E-state index >= 15 is 0 Å². The molecule has 0 aliphatic carbocycles. The van der Waals surface area contributed by atoms with Crippen molar-refractivity contribution in [3.05, 3.63) is 22.7 Å². The third-order valence-corrected chi connectivity index (χ3v) is 3.82. The van der Waals surface area contributed by atoms with Crippen molar-refractivity contribution >= 4 is 41.3 Å². The van der Waals surface area contributed by atoms with Gasteiger partial charge in [0.05, 0.1) is 22.0 Å². The molecule has 1 aromatic rings. The zero-order chi connectivity index (χ0) is 14.5. The van der Waals surface area contributed by atoms with E-state index in [1.54, 1.807) is 4.90 Å². The predicted octanol–water partition coefficient (Wildman–Crippen LogP) is 2.51. The molecule has 1 amide bonds. The zero-order valence-electron chi connectivity index (χ0n) is 10.6. The van der Waals surface area contributed by atoms with E-state index in [0.29, 0.717) is 25.3 Å². The van der Waals surface area contributed by atoms with Gasteiger partial charge in [-0.2, -0.15) is 13.2 Å². The molecule has 2 N–H and O–H groups in total. The highest BCUT2D eigenvalue weighted by molar-refractivity contribution is 6.32. The lowest BCUT2D eigenvalue weighted by atomic mass is 10.0. The van der Waals surface area contributed by atoms with Gasteiger partial charge in [0.2, 0.25) is 5.91 Å². The summed E-state index contributed by atoms with van der Waals surface area (Å²) in [6.07, 6.45) is -4.54. The van der Waals surface area contributed by atoms with E-state index in [1.807, 2.05) is 0 Å². The molecule has 21 heavy (non-hydrogen) atoms. The number of hydrogen-bond donors (Lipinski definition) is 2. The number of anilines is 2. The molecule has 1 fully saturated rings. The minimum Gasteiger partial charge on any atom is -0.355 e. The largest absolute Gasteiger partial charge is 0.417 e. The number of amides is 1. The van der Waals surface area contributed by atoms with Gasteiger partial charge in [-0.05, 0) is 12.1 Å². The van der Waals surface area contributed by atoms with Crippen molar-refractivity contribution < 1.29 is 18.0 Å². The third-order valence-electron chi connectivity index (χ3n) is 3.50. The van der Waals surface area contributed by atoms with Crippen molar-refractivity contribution in [3.63, 3.8) is 0 Å². The number of piperazine rings is 1. The van der Waals surface area contributed by atoms with E-state index in [-0.39, 0.29) is 29.0 Å². The minimum absolute atomic E-state index is 0. The second-order valence-corrected chi connectivity index (χ2v) is 5.16. The van der Waals surface area contributed by atoms with Gasteiger partial charge >= 0.3 is 6.18 Å². The van der Waals surface area contributed by atoms with Crippen LogP contribution < -0.4 is 15.5 Å². The van der Waals surface area contributed by atoms with Crippen molar-refractivity contribution in [2.24, 2.45) is 0 Å². The van der Waals surface area contributed by atoms with E-state index in [2.05, 4.69) is 10.6 Å². The Hall–Kier alpha value is -1.18. The quantitative estimate of drug-likeness (QED) is 0.762. The van der Waals surface area contributed by atoms with Gasteiger partial charge in [0.15, 0.2) is 0 Å². The first-order chi connectivity index (χ1) is 9.38. The molecule has 116 valence electrons. The minimum atomic E-state index is -4.54. The second-order valence-electron chi connectivity index (χ2n) is 4.75. The molecule has 0 aromatic heterocycles. The van der Waals surface area contributed by atoms with Crippen LogP contribution >= 0.6 is 24.0 Å². The molecule has 0 radical (unpaired) electrons.